The molecule has 3 aromatic rings. The molecule has 2 aromatic heterocycles. The molecular formula is C19H22ClN5O2. The van der Waals surface area contributed by atoms with Crippen molar-refractivity contribution in [1.82, 2.24) is 15.3 Å². The van der Waals surface area contributed by atoms with E-state index in [-0.39, 0.29) is 6.61 Å². The zero-order valence-corrected chi connectivity index (χ0v) is 15.7. The summed E-state index contributed by atoms with van der Waals surface area (Å²) in [5.41, 5.74) is 2.19. The van der Waals surface area contributed by atoms with Crippen LogP contribution >= 0.6 is 11.6 Å². The molecule has 0 saturated carbocycles. The minimum atomic E-state index is 0.0203. The number of hydrogen-bond donors (Lipinski definition) is 3. The standard InChI is InChI=1S/C19H22ClN5O2/c20-12-3-4-15-13(8-12)16-17(27-15)18(24-19(23-16)22-6-7-26)25-9-11-2-1-5-21-14(11)10-25/h3-4,8,11,14,21,26H,1-2,5-7,9-10H2,(H,22,23,24)/t11-,14+/m1/s1. The third-order valence-corrected chi connectivity index (χ3v) is 5.79. The van der Waals surface area contributed by atoms with E-state index in [9.17, 15) is 0 Å². The lowest BCUT2D eigenvalue weighted by Crippen LogP contribution is -2.40. The first-order valence-electron chi connectivity index (χ1n) is 9.46. The van der Waals surface area contributed by atoms with Crippen LogP contribution in [0.1, 0.15) is 12.8 Å². The number of hydrogen-bond acceptors (Lipinski definition) is 7. The Labute approximate surface area is 161 Å². The van der Waals surface area contributed by atoms with E-state index in [2.05, 4.69) is 20.5 Å². The zero-order valence-electron chi connectivity index (χ0n) is 14.9. The van der Waals surface area contributed by atoms with Gasteiger partial charge in [0.2, 0.25) is 5.95 Å². The van der Waals surface area contributed by atoms with Crippen LogP contribution in [0.4, 0.5) is 11.8 Å². The van der Waals surface area contributed by atoms with Crippen LogP contribution in [0.5, 0.6) is 0 Å². The molecule has 2 fully saturated rings. The van der Waals surface area contributed by atoms with Crippen molar-refractivity contribution in [1.29, 1.82) is 0 Å². The predicted octanol–water partition coefficient (Wildman–Crippen LogP) is 2.62. The molecule has 4 heterocycles. The van der Waals surface area contributed by atoms with Crippen molar-refractivity contribution in [3.63, 3.8) is 0 Å². The third-order valence-electron chi connectivity index (χ3n) is 5.55. The fourth-order valence-electron chi connectivity index (χ4n) is 4.28. The average molecular weight is 388 g/mol. The molecule has 2 saturated heterocycles. The molecule has 7 nitrogen and oxygen atoms in total. The predicted molar refractivity (Wildman–Crippen MR) is 107 cm³/mol. The Hall–Kier alpha value is -2.09. The van der Waals surface area contributed by atoms with E-state index < -0.39 is 0 Å². The summed E-state index contributed by atoms with van der Waals surface area (Å²) in [4.78, 5) is 11.7. The monoisotopic (exact) mass is 387 g/mol. The molecule has 0 spiro atoms. The highest BCUT2D eigenvalue weighted by atomic mass is 35.5. The number of aromatic nitrogens is 2. The average Bonchev–Trinajstić information content (AvgIpc) is 3.27. The first-order chi connectivity index (χ1) is 13.2. The van der Waals surface area contributed by atoms with Crippen molar-refractivity contribution < 1.29 is 9.52 Å². The Balaban J connectivity index is 1.64. The maximum Gasteiger partial charge on any atom is 0.225 e. The fourth-order valence-corrected chi connectivity index (χ4v) is 4.45. The number of benzene rings is 1. The van der Waals surface area contributed by atoms with E-state index in [1.807, 2.05) is 18.2 Å². The summed E-state index contributed by atoms with van der Waals surface area (Å²) in [5, 5.41) is 17.4. The molecule has 0 aliphatic carbocycles. The van der Waals surface area contributed by atoms with Gasteiger partial charge in [0.05, 0.1) is 6.61 Å². The Kier molecular flexibility index (Phi) is 4.30. The maximum atomic E-state index is 9.16. The number of rotatable bonds is 4. The van der Waals surface area contributed by atoms with E-state index in [0.717, 1.165) is 41.9 Å². The molecule has 0 unspecified atom stereocenters. The van der Waals surface area contributed by atoms with Crippen molar-refractivity contribution >= 4 is 45.4 Å². The Bertz CT molecular complexity index is 977. The summed E-state index contributed by atoms with van der Waals surface area (Å²) in [5.74, 6) is 1.94. The van der Waals surface area contributed by atoms with E-state index in [0.29, 0.717) is 35.1 Å². The van der Waals surface area contributed by atoms with Crippen LogP contribution in [0.15, 0.2) is 22.6 Å². The SMILES string of the molecule is OCCNc1nc(N2C[C@H]3CCCN[C@H]3C2)c2oc3ccc(Cl)cc3c2n1. The molecule has 2 atom stereocenters. The normalized spacial score (nSPS) is 22.5. The van der Waals surface area contributed by atoms with Crippen molar-refractivity contribution in [2.24, 2.45) is 5.92 Å². The number of piperidine rings is 1. The molecule has 8 heteroatoms. The van der Waals surface area contributed by atoms with Gasteiger partial charge >= 0.3 is 0 Å². The number of aliphatic hydroxyl groups excluding tert-OH is 1. The van der Waals surface area contributed by atoms with E-state index >= 15 is 0 Å². The van der Waals surface area contributed by atoms with Crippen LogP contribution < -0.4 is 15.5 Å². The number of anilines is 2. The van der Waals surface area contributed by atoms with Crippen LogP contribution in [0.2, 0.25) is 5.02 Å². The molecule has 0 amide bonds. The summed E-state index contributed by atoms with van der Waals surface area (Å²) < 4.78 is 6.14. The van der Waals surface area contributed by atoms with Crippen LogP contribution in [-0.2, 0) is 0 Å². The van der Waals surface area contributed by atoms with Gasteiger partial charge in [-0.25, -0.2) is 4.98 Å². The number of nitrogens with zero attached hydrogens (tertiary/aromatic N) is 3. The van der Waals surface area contributed by atoms with Crippen molar-refractivity contribution in [3.05, 3.63) is 23.2 Å². The quantitative estimate of drug-likeness (QED) is 0.634. The topological polar surface area (TPSA) is 86.5 Å². The third kappa shape index (κ3) is 2.99. The van der Waals surface area contributed by atoms with Crippen molar-refractivity contribution in [2.75, 3.05) is 43.0 Å². The van der Waals surface area contributed by atoms with Crippen LogP contribution in [0.25, 0.3) is 22.1 Å². The van der Waals surface area contributed by atoms with Gasteiger partial charge in [0.15, 0.2) is 11.4 Å². The maximum absolute atomic E-state index is 9.16. The lowest BCUT2D eigenvalue weighted by Gasteiger charge is -2.24. The number of nitrogens with one attached hydrogen (secondary N) is 2. The minimum absolute atomic E-state index is 0.0203. The van der Waals surface area contributed by atoms with Gasteiger partial charge in [-0.15, -0.1) is 0 Å². The second-order valence-electron chi connectivity index (χ2n) is 7.31. The molecule has 2 aliphatic heterocycles. The smallest absolute Gasteiger partial charge is 0.225 e. The number of furan rings is 1. The summed E-state index contributed by atoms with van der Waals surface area (Å²) >= 11 is 6.20. The van der Waals surface area contributed by atoms with Crippen LogP contribution in [0.3, 0.4) is 0 Å². The van der Waals surface area contributed by atoms with E-state index in [1.165, 1.54) is 12.8 Å². The summed E-state index contributed by atoms with van der Waals surface area (Å²) in [6, 6.07) is 6.06. The Morgan fingerprint density at radius 3 is 3.11 bits per heavy atom. The van der Waals surface area contributed by atoms with Gasteiger partial charge in [-0.05, 0) is 43.5 Å². The van der Waals surface area contributed by atoms with E-state index in [4.69, 9.17) is 26.1 Å². The number of halogens is 1. The van der Waals surface area contributed by atoms with Gasteiger partial charge in [-0.2, -0.15) is 4.98 Å². The molecule has 2 aliphatic rings. The first-order valence-corrected chi connectivity index (χ1v) is 9.83. The Morgan fingerprint density at radius 1 is 1.33 bits per heavy atom. The molecule has 142 valence electrons. The second-order valence-corrected chi connectivity index (χ2v) is 7.75. The highest BCUT2D eigenvalue weighted by Gasteiger charge is 2.36. The van der Waals surface area contributed by atoms with Crippen LogP contribution in [0, 0.1) is 5.92 Å². The van der Waals surface area contributed by atoms with E-state index in [1.54, 1.807) is 0 Å². The van der Waals surface area contributed by atoms with Gasteiger partial charge in [-0.1, -0.05) is 11.6 Å². The molecule has 0 bridgehead atoms. The summed E-state index contributed by atoms with van der Waals surface area (Å²) in [7, 11) is 0. The fraction of sp³-hybridized carbons (Fsp3) is 0.474. The number of fused-ring (bicyclic) bond motifs is 4. The van der Waals surface area contributed by atoms with Gasteiger partial charge in [0.1, 0.15) is 11.1 Å². The number of aliphatic hydroxyl groups is 1. The highest BCUT2D eigenvalue weighted by Crippen LogP contribution is 2.37. The van der Waals surface area contributed by atoms with Crippen molar-refractivity contribution in [2.45, 2.75) is 18.9 Å². The lowest BCUT2D eigenvalue weighted by atomic mass is 9.94. The Morgan fingerprint density at radius 2 is 2.26 bits per heavy atom. The largest absolute Gasteiger partial charge is 0.450 e. The molecular weight excluding hydrogens is 366 g/mol. The lowest BCUT2D eigenvalue weighted by molar-refractivity contribution is 0.311. The van der Waals surface area contributed by atoms with Gasteiger partial charge in [-0.3, -0.25) is 0 Å². The minimum Gasteiger partial charge on any atom is -0.450 e. The second kappa shape index (κ2) is 6.82. The molecule has 1 aromatic carbocycles. The molecule has 3 N–H and O–H groups in total. The van der Waals surface area contributed by atoms with Gasteiger partial charge in [0, 0.05) is 36.1 Å². The molecule has 27 heavy (non-hydrogen) atoms. The molecule has 0 radical (unpaired) electrons. The first kappa shape index (κ1) is 17.0. The molecule has 5 rings (SSSR count). The van der Waals surface area contributed by atoms with Crippen molar-refractivity contribution in [3.8, 4) is 0 Å². The van der Waals surface area contributed by atoms with Gasteiger partial charge in [0.25, 0.3) is 0 Å². The van der Waals surface area contributed by atoms with Crippen LogP contribution in [-0.4, -0.2) is 53.9 Å². The van der Waals surface area contributed by atoms with Gasteiger partial charge < -0.3 is 25.1 Å². The summed E-state index contributed by atoms with van der Waals surface area (Å²) in [6.07, 6.45) is 2.47. The highest BCUT2D eigenvalue weighted by molar-refractivity contribution is 6.31. The summed E-state index contributed by atoms with van der Waals surface area (Å²) in [6.45, 7) is 3.37. The zero-order chi connectivity index (χ0) is 18.4.